The molecule has 0 aromatic rings. The molecule has 1 atom stereocenters. The molecule has 4 heteroatoms. The van der Waals surface area contributed by atoms with Gasteiger partial charge in [-0.3, -0.25) is 15.4 Å². The van der Waals surface area contributed by atoms with Crippen molar-refractivity contribution in [1.29, 1.82) is 0 Å². The predicted molar refractivity (Wildman–Crippen MR) is 101 cm³/mol. The van der Waals surface area contributed by atoms with Gasteiger partial charge in [0.15, 0.2) is 6.17 Å². The fourth-order valence-electron chi connectivity index (χ4n) is 3.45. The summed E-state index contributed by atoms with van der Waals surface area (Å²) in [5.74, 6) is 1.54. The Morgan fingerprint density at radius 2 is 2.08 bits per heavy atom. The van der Waals surface area contributed by atoms with Crippen LogP contribution in [0.15, 0.2) is 51.5 Å². The van der Waals surface area contributed by atoms with Crippen LogP contribution >= 0.6 is 0 Å². The first-order chi connectivity index (χ1) is 11.3. The minimum absolute atomic E-state index is 0.0166. The molecule has 0 aromatic heterocycles. The molecular weight excluding hydrogens is 296 g/mol. The van der Waals surface area contributed by atoms with Gasteiger partial charge in [0, 0.05) is 24.5 Å². The minimum Gasteiger partial charge on any atom is -0.373 e. The topological polar surface area (TPSA) is 39.7 Å². The first kappa shape index (κ1) is 16.9. The first-order valence-electron chi connectivity index (χ1n) is 8.90. The first-order valence-corrected chi connectivity index (χ1v) is 8.90. The fraction of sp³-hybridized carbons (Fsp3) is 0.550. The zero-order valence-electron chi connectivity index (χ0n) is 15.8. The normalized spacial score (nSPS) is 25.7. The summed E-state index contributed by atoms with van der Waals surface area (Å²) in [6.07, 6.45) is 11.1. The molecule has 0 saturated heterocycles. The van der Waals surface area contributed by atoms with Crippen LogP contribution in [0.3, 0.4) is 0 Å². The van der Waals surface area contributed by atoms with Crippen molar-refractivity contribution in [2.24, 2.45) is 16.3 Å². The highest BCUT2D eigenvalue weighted by Crippen LogP contribution is 2.38. The summed E-state index contributed by atoms with van der Waals surface area (Å²) in [6, 6.07) is 0. The lowest BCUT2D eigenvalue weighted by Gasteiger charge is -2.33. The Balaban J connectivity index is 1.94. The van der Waals surface area contributed by atoms with Gasteiger partial charge in [0.2, 0.25) is 0 Å². The van der Waals surface area contributed by atoms with Crippen molar-refractivity contribution in [2.75, 3.05) is 7.05 Å². The average molecular weight is 326 g/mol. The van der Waals surface area contributed by atoms with Crippen LogP contribution in [-0.4, -0.2) is 24.4 Å². The maximum atomic E-state index is 4.86. The molecule has 130 valence electrons. The molecule has 2 heterocycles. The molecule has 0 amide bonds. The van der Waals surface area contributed by atoms with Crippen LogP contribution in [0.2, 0.25) is 0 Å². The van der Waals surface area contributed by atoms with E-state index in [2.05, 4.69) is 68.6 Å². The molecule has 3 rings (SSSR count). The van der Waals surface area contributed by atoms with E-state index in [1.807, 2.05) is 13.3 Å². The maximum absolute atomic E-state index is 4.86. The Labute approximate surface area is 146 Å². The van der Waals surface area contributed by atoms with Crippen LogP contribution in [0.4, 0.5) is 0 Å². The number of hydrogen-bond acceptors (Lipinski definition) is 4. The zero-order valence-corrected chi connectivity index (χ0v) is 15.8. The predicted octanol–water partition coefficient (Wildman–Crippen LogP) is 3.88. The van der Waals surface area contributed by atoms with E-state index >= 15 is 0 Å². The van der Waals surface area contributed by atoms with Gasteiger partial charge >= 0.3 is 0 Å². The number of fused-ring (bicyclic) bond motifs is 1. The number of nitrogens with zero attached hydrogens (tertiary/aromatic N) is 2. The summed E-state index contributed by atoms with van der Waals surface area (Å²) in [5.41, 5.74) is 8.94. The number of allylic oxidation sites excluding steroid dienone is 5. The number of hydrogen-bond donors (Lipinski definition) is 2. The second kappa shape index (κ2) is 6.15. The standard InChI is InChI=1S/C20H30N4/c1-13(2)15-10-17-18(21-6)23-24(19(17)22-12-15)16-9-14(3)7-8-20(4,5)11-16/h7,9-10,12-13,19,21,23H,8,11H2,1-6H3. The van der Waals surface area contributed by atoms with Crippen LogP contribution in [0, 0.1) is 11.3 Å². The van der Waals surface area contributed by atoms with Crippen molar-refractivity contribution in [2.45, 2.75) is 53.6 Å². The van der Waals surface area contributed by atoms with Crippen molar-refractivity contribution >= 4 is 6.21 Å². The van der Waals surface area contributed by atoms with Crippen molar-refractivity contribution in [3.63, 3.8) is 0 Å². The van der Waals surface area contributed by atoms with Gasteiger partial charge in [-0.05, 0) is 48.8 Å². The summed E-state index contributed by atoms with van der Waals surface area (Å²) in [6.45, 7) is 11.3. The third-order valence-electron chi connectivity index (χ3n) is 4.99. The Morgan fingerprint density at radius 1 is 1.33 bits per heavy atom. The molecule has 0 spiro atoms. The molecule has 0 fully saturated rings. The number of nitrogens with one attached hydrogen (secondary N) is 2. The van der Waals surface area contributed by atoms with Gasteiger partial charge in [0.25, 0.3) is 0 Å². The van der Waals surface area contributed by atoms with E-state index in [-0.39, 0.29) is 11.6 Å². The molecule has 24 heavy (non-hydrogen) atoms. The van der Waals surface area contributed by atoms with Gasteiger partial charge in [-0.1, -0.05) is 39.3 Å². The van der Waals surface area contributed by atoms with Crippen LogP contribution in [0.25, 0.3) is 0 Å². The van der Waals surface area contributed by atoms with Gasteiger partial charge < -0.3 is 5.32 Å². The van der Waals surface area contributed by atoms with Gasteiger partial charge in [0.1, 0.15) is 5.82 Å². The van der Waals surface area contributed by atoms with Crippen molar-refractivity contribution < 1.29 is 0 Å². The van der Waals surface area contributed by atoms with Crippen LogP contribution < -0.4 is 10.7 Å². The van der Waals surface area contributed by atoms with Crippen molar-refractivity contribution in [1.82, 2.24) is 15.8 Å². The lowest BCUT2D eigenvalue weighted by Crippen LogP contribution is -2.40. The highest BCUT2D eigenvalue weighted by atomic mass is 15.6. The van der Waals surface area contributed by atoms with E-state index < -0.39 is 0 Å². The Morgan fingerprint density at radius 3 is 2.75 bits per heavy atom. The smallest absolute Gasteiger partial charge is 0.168 e. The second-order valence-electron chi connectivity index (χ2n) is 8.14. The van der Waals surface area contributed by atoms with Crippen LogP contribution in [0.1, 0.15) is 47.5 Å². The largest absolute Gasteiger partial charge is 0.373 e. The molecule has 0 bridgehead atoms. The van der Waals surface area contributed by atoms with Gasteiger partial charge in [-0.2, -0.15) is 0 Å². The van der Waals surface area contributed by atoms with E-state index in [4.69, 9.17) is 4.99 Å². The summed E-state index contributed by atoms with van der Waals surface area (Å²) >= 11 is 0. The number of aliphatic imine (C=N–C) groups is 1. The highest BCUT2D eigenvalue weighted by Gasteiger charge is 2.36. The summed E-state index contributed by atoms with van der Waals surface area (Å²) in [7, 11) is 1.97. The van der Waals surface area contributed by atoms with Gasteiger partial charge in [0.05, 0.1) is 0 Å². The SMILES string of the molecule is CNC1=C2C=C(C(C)C)C=NC2N(C2=CC(C)=CCC(C)(C)C2)N1. The number of hydrazine groups is 1. The summed E-state index contributed by atoms with van der Waals surface area (Å²) in [4.78, 5) is 4.86. The monoisotopic (exact) mass is 326 g/mol. The molecule has 1 unspecified atom stereocenters. The molecule has 0 radical (unpaired) electrons. The van der Waals surface area contributed by atoms with Crippen molar-refractivity contribution in [3.8, 4) is 0 Å². The Bertz CT molecular complexity index is 674. The fourth-order valence-corrected chi connectivity index (χ4v) is 3.45. The van der Waals surface area contributed by atoms with Crippen LogP contribution in [-0.2, 0) is 0 Å². The average Bonchev–Trinajstić information content (AvgIpc) is 2.83. The third kappa shape index (κ3) is 3.14. The molecule has 1 aliphatic carbocycles. The van der Waals surface area contributed by atoms with E-state index in [1.165, 1.54) is 22.4 Å². The Kier molecular flexibility index (Phi) is 4.33. The van der Waals surface area contributed by atoms with E-state index in [0.29, 0.717) is 5.92 Å². The minimum atomic E-state index is 0.0166. The quantitative estimate of drug-likeness (QED) is 0.827. The number of rotatable bonds is 3. The molecule has 0 aromatic carbocycles. The molecule has 4 nitrogen and oxygen atoms in total. The highest BCUT2D eigenvalue weighted by molar-refractivity contribution is 5.82. The molecule has 0 saturated carbocycles. The van der Waals surface area contributed by atoms with Gasteiger partial charge in [-0.25, -0.2) is 0 Å². The lowest BCUT2D eigenvalue weighted by molar-refractivity contribution is 0.219. The molecule has 3 aliphatic rings. The zero-order chi connectivity index (χ0) is 17.5. The van der Waals surface area contributed by atoms with E-state index in [1.54, 1.807) is 0 Å². The van der Waals surface area contributed by atoms with Gasteiger partial charge in [-0.15, -0.1) is 0 Å². The summed E-state index contributed by atoms with van der Waals surface area (Å²) in [5, 5.41) is 5.54. The van der Waals surface area contributed by atoms with Crippen LogP contribution in [0.5, 0.6) is 0 Å². The molecule has 2 N–H and O–H groups in total. The lowest BCUT2D eigenvalue weighted by atomic mass is 9.85. The Hall–Kier alpha value is -1.97. The van der Waals surface area contributed by atoms with E-state index in [0.717, 1.165) is 18.7 Å². The summed E-state index contributed by atoms with van der Waals surface area (Å²) < 4.78 is 0. The van der Waals surface area contributed by atoms with E-state index in [9.17, 15) is 0 Å². The molecule has 2 aliphatic heterocycles. The maximum Gasteiger partial charge on any atom is 0.168 e. The third-order valence-corrected chi connectivity index (χ3v) is 4.99. The van der Waals surface area contributed by atoms with Crippen molar-refractivity contribution in [3.05, 3.63) is 46.5 Å². The molecular formula is C20H30N4. The second-order valence-corrected chi connectivity index (χ2v) is 8.14. The number of dihydropyridines is 1.